The SMILES string of the molecule is C[C@@H](O)[C@@H](O)[C@H](CO[C@H]1OC(CF)(COCc2ccccc2)CC(OCc2ccccc2)C1OCc1ccccc1)NC(=O)CCCCCCCCCCc1ccc(Oc2ccc(F)cc2)cc1. The average Bonchev–Trinajstić information content (AvgIpc) is 3.36. The molecule has 1 amide bonds. The van der Waals surface area contributed by atoms with Gasteiger partial charge < -0.3 is 44.0 Å². The number of aliphatic hydroxyl groups excluding tert-OH is 2. The number of rotatable bonds is 30. The van der Waals surface area contributed by atoms with Crippen LogP contribution >= 0.6 is 0 Å². The zero-order chi connectivity index (χ0) is 47.8. The fourth-order valence-corrected chi connectivity index (χ4v) is 8.26. The number of ether oxygens (including phenoxy) is 6. The number of aryl methyl sites for hydroxylation is 1. The standard InChI is InChI=1S/C56H69F2NO9/c1-42(60)53(62)50(59-52(61)26-18-7-5-3-2-4-6-11-19-43-27-31-48(32-28-43)67-49-33-29-47(58)30-34-49)39-66-55-54(65-38-46-24-16-10-17-25-46)51(64-37-45-22-14-9-15-23-45)35-56(40-57,68-55)41-63-36-44-20-12-8-13-21-44/h8-10,12-17,20-25,27-34,42,50-51,53-55,60,62H,2-7,11,18-19,26,35-41H2,1H3,(H,59,61)/t42-,50+,51?,53-,54?,55+,56?/m1/s1. The van der Waals surface area contributed by atoms with Gasteiger partial charge in [-0.25, -0.2) is 8.78 Å². The molecule has 5 aromatic carbocycles. The van der Waals surface area contributed by atoms with Gasteiger partial charge in [-0.15, -0.1) is 0 Å². The van der Waals surface area contributed by atoms with Crippen molar-refractivity contribution in [3.63, 3.8) is 0 Å². The summed E-state index contributed by atoms with van der Waals surface area (Å²) in [4.78, 5) is 13.3. The summed E-state index contributed by atoms with van der Waals surface area (Å²) in [5.74, 6) is 0.750. The van der Waals surface area contributed by atoms with Crippen molar-refractivity contribution in [2.24, 2.45) is 0 Å². The Hall–Kier alpha value is -5.05. The summed E-state index contributed by atoms with van der Waals surface area (Å²) in [6.07, 6.45) is 4.19. The molecule has 0 saturated carbocycles. The Labute approximate surface area is 400 Å². The molecular weight excluding hydrogens is 869 g/mol. The van der Waals surface area contributed by atoms with Gasteiger partial charge in [-0.1, -0.05) is 142 Å². The van der Waals surface area contributed by atoms with Crippen molar-refractivity contribution in [3.05, 3.63) is 168 Å². The number of nitrogens with one attached hydrogen (secondary N) is 1. The summed E-state index contributed by atoms with van der Waals surface area (Å²) in [6, 6.07) is 41.9. The first-order valence-electron chi connectivity index (χ1n) is 24.1. The van der Waals surface area contributed by atoms with Crippen LogP contribution in [-0.4, -0.2) is 78.4 Å². The average molecular weight is 938 g/mol. The number of carbonyl (C=O) groups excluding carboxylic acids is 1. The van der Waals surface area contributed by atoms with Gasteiger partial charge in [0.25, 0.3) is 0 Å². The largest absolute Gasteiger partial charge is 0.457 e. The minimum Gasteiger partial charge on any atom is -0.457 e. The highest BCUT2D eigenvalue weighted by Crippen LogP contribution is 2.36. The number of carbonyl (C=O) groups is 1. The van der Waals surface area contributed by atoms with E-state index in [2.05, 4.69) is 17.4 Å². The normalized spacial score (nSPS) is 19.5. The molecule has 1 aliphatic heterocycles. The Kier molecular flexibility index (Phi) is 21.9. The summed E-state index contributed by atoms with van der Waals surface area (Å²) in [5.41, 5.74) is 2.54. The van der Waals surface area contributed by atoms with Crippen molar-refractivity contribution in [3.8, 4) is 11.5 Å². The topological polar surface area (TPSA) is 125 Å². The van der Waals surface area contributed by atoms with E-state index < -0.39 is 49.0 Å². The second kappa shape index (κ2) is 28.4. The highest BCUT2D eigenvalue weighted by atomic mass is 19.1. The van der Waals surface area contributed by atoms with E-state index in [1.807, 2.05) is 103 Å². The van der Waals surface area contributed by atoms with Gasteiger partial charge >= 0.3 is 0 Å². The Morgan fingerprint density at radius 2 is 1.21 bits per heavy atom. The highest BCUT2D eigenvalue weighted by Gasteiger charge is 2.50. The van der Waals surface area contributed by atoms with Crippen LogP contribution in [0.1, 0.15) is 93.4 Å². The van der Waals surface area contributed by atoms with E-state index in [9.17, 15) is 19.4 Å². The number of amides is 1. The number of alkyl halides is 1. The van der Waals surface area contributed by atoms with Crippen molar-refractivity contribution in [2.45, 2.75) is 140 Å². The molecule has 1 fully saturated rings. The van der Waals surface area contributed by atoms with Crippen LogP contribution in [0.2, 0.25) is 0 Å². The van der Waals surface area contributed by atoms with Gasteiger partial charge in [-0.05, 0) is 84.8 Å². The Balaban J connectivity index is 0.986. The molecular formula is C56H69F2NO9. The third kappa shape index (κ3) is 17.8. The van der Waals surface area contributed by atoms with E-state index in [0.29, 0.717) is 12.2 Å². The molecule has 0 aromatic heterocycles. The van der Waals surface area contributed by atoms with Gasteiger partial charge in [0.05, 0.1) is 51.3 Å². The molecule has 3 N–H and O–H groups in total. The predicted molar refractivity (Wildman–Crippen MR) is 258 cm³/mol. The molecule has 5 aromatic rings. The first-order chi connectivity index (χ1) is 33.2. The lowest BCUT2D eigenvalue weighted by molar-refractivity contribution is -0.327. The fourth-order valence-electron chi connectivity index (χ4n) is 8.26. The van der Waals surface area contributed by atoms with Crippen LogP contribution in [0, 0.1) is 5.82 Å². The van der Waals surface area contributed by atoms with Crippen molar-refractivity contribution in [1.82, 2.24) is 5.32 Å². The Morgan fingerprint density at radius 1 is 0.676 bits per heavy atom. The molecule has 1 saturated heterocycles. The monoisotopic (exact) mass is 937 g/mol. The van der Waals surface area contributed by atoms with E-state index in [1.165, 1.54) is 24.6 Å². The first kappa shape index (κ1) is 52.3. The van der Waals surface area contributed by atoms with E-state index in [4.69, 9.17) is 28.4 Å². The van der Waals surface area contributed by atoms with Crippen molar-refractivity contribution < 1.29 is 52.2 Å². The first-order valence-corrected chi connectivity index (χ1v) is 24.1. The fraction of sp³-hybridized carbons (Fsp3) is 0.446. The lowest BCUT2D eigenvalue weighted by Gasteiger charge is -2.47. The van der Waals surface area contributed by atoms with Gasteiger partial charge in [-0.3, -0.25) is 4.79 Å². The van der Waals surface area contributed by atoms with Crippen LogP contribution in [-0.2, 0) is 54.7 Å². The molecule has 68 heavy (non-hydrogen) atoms. The Morgan fingerprint density at radius 3 is 1.78 bits per heavy atom. The van der Waals surface area contributed by atoms with Crippen molar-refractivity contribution in [2.75, 3.05) is 19.9 Å². The third-order valence-corrected chi connectivity index (χ3v) is 12.2. The molecule has 10 nitrogen and oxygen atoms in total. The van der Waals surface area contributed by atoms with Gasteiger partial charge in [0.2, 0.25) is 5.91 Å². The lowest BCUT2D eigenvalue weighted by Crippen LogP contribution is -2.60. The molecule has 3 unspecified atom stereocenters. The van der Waals surface area contributed by atoms with Gasteiger partial charge in [0, 0.05) is 12.8 Å². The van der Waals surface area contributed by atoms with E-state index >= 15 is 4.39 Å². The maximum Gasteiger partial charge on any atom is 0.220 e. The van der Waals surface area contributed by atoms with Crippen LogP contribution in [0.3, 0.4) is 0 Å². The van der Waals surface area contributed by atoms with Gasteiger partial charge in [-0.2, -0.15) is 0 Å². The summed E-state index contributed by atoms with van der Waals surface area (Å²) in [6.45, 7) is 0.853. The molecule has 12 heteroatoms. The number of benzene rings is 5. The van der Waals surface area contributed by atoms with Crippen LogP contribution in [0.15, 0.2) is 140 Å². The van der Waals surface area contributed by atoms with Crippen molar-refractivity contribution >= 4 is 5.91 Å². The number of halogens is 2. The molecule has 1 aliphatic rings. The van der Waals surface area contributed by atoms with E-state index in [-0.39, 0.29) is 57.6 Å². The highest BCUT2D eigenvalue weighted by molar-refractivity contribution is 5.76. The number of hydrogen-bond acceptors (Lipinski definition) is 9. The summed E-state index contributed by atoms with van der Waals surface area (Å²) >= 11 is 0. The predicted octanol–water partition coefficient (Wildman–Crippen LogP) is 10.8. The molecule has 0 aliphatic carbocycles. The quantitative estimate of drug-likeness (QED) is 0.0386. The van der Waals surface area contributed by atoms with Crippen molar-refractivity contribution in [1.29, 1.82) is 0 Å². The molecule has 0 spiro atoms. The minimum absolute atomic E-state index is 0.0977. The zero-order valence-corrected chi connectivity index (χ0v) is 39.3. The Bertz CT molecular complexity index is 2130. The van der Waals surface area contributed by atoms with E-state index in [1.54, 1.807) is 12.1 Å². The molecule has 0 radical (unpaired) electrons. The summed E-state index contributed by atoms with van der Waals surface area (Å²) < 4.78 is 66.5. The lowest BCUT2D eigenvalue weighted by atomic mass is 9.91. The number of aliphatic hydroxyl groups is 2. The second-order valence-corrected chi connectivity index (χ2v) is 17.8. The van der Waals surface area contributed by atoms with Gasteiger partial charge in [0.1, 0.15) is 41.8 Å². The van der Waals surface area contributed by atoms with E-state index in [0.717, 1.165) is 73.8 Å². The number of hydrogen-bond donors (Lipinski definition) is 3. The molecule has 6 rings (SSSR count). The zero-order valence-electron chi connectivity index (χ0n) is 39.3. The minimum atomic E-state index is -1.47. The molecule has 1 heterocycles. The van der Waals surface area contributed by atoms with Gasteiger partial charge in [0.15, 0.2) is 6.29 Å². The van der Waals surface area contributed by atoms with Crippen LogP contribution < -0.4 is 10.1 Å². The van der Waals surface area contributed by atoms with Crippen LogP contribution in [0.4, 0.5) is 8.78 Å². The number of unbranched alkanes of at least 4 members (excludes halogenated alkanes) is 7. The molecule has 0 bridgehead atoms. The molecule has 7 atom stereocenters. The third-order valence-electron chi connectivity index (χ3n) is 12.2. The summed E-state index contributed by atoms with van der Waals surface area (Å²) in [7, 11) is 0. The second-order valence-electron chi connectivity index (χ2n) is 17.8. The van der Waals surface area contributed by atoms with Crippen LogP contribution in [0.25, 0.3) is 0 Å². The maximum atomic E-state index is 15.4. The smallest absolute Gasteiger partial charge is 0.220 e. The maximum absolute atomic E-state index is 15.4. The van der Waals surface area contributed by atoms with Crippen LogP contribution in [0.5, 0.6) is 11.5 Å². The molecule has 366 valence electrons. The summed E-state index contributed by atoms with van der Waals surface area (Å²) in [5, 5.41) is 24.5.